The molecule has 1 aromatic carbocycles. The van der Waals surface area contributed by atoms with E-state index in [4.69, 9.17) is 33.7 Å². The maximum atomic E-state index is 5.93. The molecule has 3 N–H and O–H groups in total. The van der Waals surface area contributed by atoms with Gasteiger partial charge in [0.05, 0.1) is 5.69 Å². The van der Waals surface area contributed by atoms with E-state index in [9.17, 15) is 0 Å². The van der Waals surface area contributed by atoms with Crippen molar-refractivity contribution in [2.45, 2.75) is 0 Å². The van der Waals surface area contributed by atoms with Gasteiger partial charge in [-0.15, -0.1) is 10.2 Å². The monoisotopic (exact) mass is 298 g/mol. The van der Waals surface area contributed by atoms with Crippen molar-refractivity contribution in [3.8, 4) is 5.75 Å². The minimum atomic E-state index is 0.248. The maximum absolute atomic E-state index is 5.93. The highest BCUT2D eigenvalue weighted by atomic mass is 35.5. The maximum Gasteiger partial charge on any atom is 0.175 e. The number of ether oxygens (including phenoxy) is 1. The highest BCUT2D eigenvalue weighted by Gasteiger charge is 2.05. The van der Waals surface area contributed by atoms with E-state index in [0.717, 1.165) is 11.4 Å². The van der Waals surface area contributed by atoms with E-state index in [1.807, 2.05) is 24.3 Å². The molecule has 0 fully saturated rings. The molecule has 7 heteroatoms. The van der Waals surface area contributed by atoms with Crippen molar-refractivity contribution in [2.24, 2.45) is 5.73 Å². The molecular formula is C12H12Cl2N4O. The fraction of sp³-hybridized carbons (Fsp3) is 0.167. The number of nitrogens with one attached hydrogen (secondary N) is 1. The Hall–Kier alpha value is -1.56. The topological polar surface area (TPSA) is 73.1 Å². The molecule has 0 unspecified atom stereocenters. The summed E-state index contributed by atoms with van der Waals surface area (Å²) in [6.45, 7) is 0.931. The van der Waals surface area contributed by atoms with Gasteiger partial charge in [0, 0.05) is 24.4 Å². The van der Waals surface area contributed by atoms with Crippen LogP contribution in [0, 0.1) is 0 Å². The normalized spacial score (nSPS) is 10.3. The Balaban J connectivity index is 2.16. The molecule has 1 aromatic heterocycles. The van der Waals surface area contributed by atoms with Gasteiger partial charge in [-0.3, -0.25) is 0 Å². The largest absolute Gasteiger partial charge is 0.492 e. The van der Waals surface area contributed by atoms with Gasteiger partial charge < -0.3 is 15.8 Å². The highest BCUT2D eigenvalue weighted by Crippen LogP contribution is 2.26. The van der Waals surface area contributed by atoms with Gasteiger partial charge in [0.1, 0.15) is 12.4 Å². The second-order valence-electron chi connectivity index (χ2n) is 3.66. The lowest BCUT2D eigenvalue weighted by Gasteiger charge is -2.10. The second-order valence-corrected chi connectivity index (χ2v) is 4.41. The zero-order chi connectivity index (χ0) is 13.7. The zero-order valence-electron chi connectivity index (χ0n) is 9.94. The molecular weight excluding hydrogens is 287 g/mol. The molecule has 0 radical (unpaired) electrons. The van der Waals surface area contributed by atoms with Gasteiger partial charge in [0.15, 0.2) is 10.3 Å². The number of anilines is 2. The van der Waals surface area contributed by atoms with Crippen LogP contribution in [-0.2, 0) is 0 Å². The number of hydrogen-bond donors (Lipinski definition) is 2. The number of benzene rings is 1. The quantitative estimate of drug-likeness (QED) is 0.888. The van der Waals surface area contributed by atoms with Gasteiger partial charge in [0.25, 0.3) is 0 Å². The Morgan fingerprint density at radius 2 is 2.05 bits per heavy atom. The third-order valence-electron chi connectivity index (χ3n) is 2.22. The summed E-state index contributed by atoms with van der Waals surface area (Å²) in [6.07, 6.45) is 0. The molecule has 0 aliphatic carbocycles. The molecule has 100 valence electrons. The van der Waals surface area contributed by atoms with Gasteiger partial charge in [-0.05, 0) is 12.1 Å². The van der Waals surface area contributed by atoms with Crippen LogP contribution in [0.2, 0.25) is 10.3 Å². The molecule has 0 aliphatic rings. The van der Waals surface area contributed by atoms with Crippen LogP contribution in [0.5, 0.6) is 5.75 Å². The van der Waals surface area contributed by atoms with Crippen LogP contribution in [0.4, 0.5) is 11.4 Å². The first-order valence-electron chi connectivity index (χ1n) is 5.57. The van der Waals surface area contributed by atoms with E-state index < -0.39 is 0 Å². The van der Waals surface area contributed by atoms with Gasteiger partial charge in [-0.25, -0.2) is 0 Å². The van der Waals surface area contributed by atoms with Gasteiger partial charge in [-0.2, -0.15) is 0 Å². The molecule has 19 heavy (non-hydrogen) atoms. The van der Waals surface area contributed by atoms with Gasteiger partial charge >= 0.3 is 0 Å². The predicted octanol–water partition coefficient (Wildman–Crippen LogP) is 2.86. The number of nitrogens with two attached hydrogens (primary N) is 1. The van der Waals surface area contributed by atoms with Crippen molar-refractivity contribution in [3.63, 3.8) is 0 Å². The summed E-state index contributed by atoms with van der Waals surface area (Å²) in [6, 6.07) is 9.02. The van der Waals surface area contributed by atoms with Crippen LogP contribution in [-0.4, -0.2) is 23.3 Å². The lowest BCUT2D eigenvalue weighted by atomic mass is 10.3. The third-order valence-corrected chi connectivity index (χ3v) is 2.68. The first kappa shape index (κ1) is 13.9. The minimum absolute atomic E-state index is 0.248. The van der Waals surface area contributed by atoms with E-state index >= 15 is 0 Å². The van der Waals surface area contributed by atoms with Gasteiger partial charge in [-0.1, -0.05) is 29.3 Å². The summed E-state index contributed by atoms with van der Waals surface area (Å²) in [5, 5.41) is 11.0. The van der Waals surface area contributed by atoms with E-state index in [-0.39, 0.29) is 10.3 Å². The van der Waals surface area contributed by atoms with Crippen molar-refractivity contribution in [1.82, 2.24) is 10.2 Å². The second kappa shape index (κ2) is 6.56. The number of hydrogen-bond acceptors (Lipinski definition) is 5. The summed E-state index contributed by atoms with van der Waals surface area (Å²) in [4.78, 5) is 0. The number of rotatable bonds is 5. The van der Waals surface area contributed by atoms with E-state index in [2.05, 4.69) is 15.5 Å². The highest BCUT2D eigenvalue weighted by molar-refractivity contribution is 6.33. The Morgan fingerprint density at radius 1 is 1.21 bits per heavy atom. The Labute approximate surface area is 120 Å². The van der Waals surface area contributed by atoms with Crippen molar-refractivity contribution in [3.05, 3.63) is 40.6 Å². The third kappa shape index (κ3) is 3.96. The molecule has 0 spiro atoms. The fourth-order valence-electron chi connectivity index (χ4n) is 1.44. The SMILES string of the molecule is NCCOc1cccc(Nc2cc(Cl)nnc2Cl)c1. The standard InChI is InChI=1S/C12H12Cl2N4O/c13-11-7-10(12(14)18-17-11)16-8-2-1-3-9(6-8)19-5-4-15/h1-3,6-7H,4-5,15H2,(H,16,17). The zero-order valence-corrected chi connectivity index (χ0v) is 11.4. The first-order chi connectivity index (χ1) is 9.19. The summed E-state index contributed by atoms with van der Waals surface area (Å²) in [7, 11) is 0. The number of halogens is 2. The van der Waals surface area contributed by atoms with Crippen LogP contribution >= 0.6 is 23.2 Å². The molecule has 0 atom stereocenters. The summed E-state index contributed by atoms with van der Waals surface area (Å²) in [5.74, 6) is 0.722. The Morgan fingerprint density at radius 3 is 2.84 bits per heavy atom. The molecule has 0 saturated carbocycles. The average molecular weight is 299 g/mol. The average Bonchev–Trinajstić information content (AvgIpc) is 2.41. The molecule has 2 rings (SSSR count). The molecule has 1 heterocycles. The lowest BCUT2D eigenvalue weighted by molar-refractivity contribution is 0.328. The Bertz CT molecular complexity index is 565. The minimum Gasteiger partial charge on any atom is -0.492 e. The van der Waals surface area contributed by atoms with Gasteiger partial charge in [0.2, 0.25) is 0 Å². The van der Waals surface area contributed by atoms with E-state index in [1.54, 1.807) is 6.07 Å². The molecule has 5 nitrogen and oxygen atoms in total. The van der Waals surface area contributed by atoms with E-state index in [0.29, 0.717) is 18.8 Å². The molecule has 2 aromatic rings. The molecule has 0 bridgehead atoms. The van der Waals surface area contributed by atoms with Crippen molar-refractivity contribution in [2.75, 3.05) is 18.5 Å². The lowest BCUT2D eigenvalue weighted by Crippen LogP contribution is -2.10. The number of nitrogens with zero attached hydrogens (tertiary/aromatic N) is 2. The predicted molar refractivity (Wildman–Crippen MR) is 76.3 cm³/mol. The van der Waals surface area contributed by atoms with Crippen LogP contribution in [0.25, 0.3) is 0 Å². The Kier molecular flexibility index (Phi) is 4.79. The summed E-state index contributed by atoms with van der Waals surface area (Å²) in [5.41, 5.74) is 6.77. The fourth-order valence-corrected chi connectivity index (χ4v) is 1.72. The van der Waals surface area contributed by atoms with Crippen LogP contribution in [0.1, 0.15) is 0 Å². The van der Waals surface area contributed by atoms with Crippen LogP contribution in [0.15, 0.2) is 30.3 Å². The van der Waals surface area contributed by atoms with E-state index in [1.165, 1.54) is 0 Å². The van der Waals surface area contributed by atoms with Crippen molar-refractivity contribution in [1.29, 1.82) is 0 Å². The summed E-state index contributed by atoms with van der Waals surface area (Å²) >= 11 is 11.7. The number of aromatic nitrogens is 2. The van der Waals surface area contributed by atoms with Crippen LogP contribution in [0.3, 0.4) is 0 Å². The van der Waals surface area contributed by atoms with Crippen molar-refractivity contribution >= 4 is 34.6 Å². The molecule has 0 aliphatic heterocycles. The smallest absolute Gasteiger partial charge is 0.175 e. The summed E-state index contributed by atoms with van der Waals surface area (Å²) < 4.78 is 5.44. The first-order valence-corrected chi connectivity index (χ1v) is 6.33. The molecule has 0 saturated heterocycles. The van der Waals surface area contributed by atoms with Crippen molar-refractivity contribution < 1.29 is 4.74 Å². The van der Waals surface area contributed by atoms with Crippen LogP contribution < -0.4 is 15.8 Å². The molecule has 0 amide bonds.